The zero-order valence-corrected chi connectivity index (χ0v) is 15.4. The van der Waals surface area contributed by atoms with Crippen LogP contribution in [0.2, 0.25) is 0 Å². The number of carbonyl (C=O) groups excluding carboxylic acids is 1. The van der Waals surface area contributed by atoms with Crippen molar-refractivity contribution in [1.82, 2.24) is 4.90 Å². The fraction of sp³-hybridized carbons (Fsp3) is 0.278. The van der Waals surface area contributed by atoms with Gasteiger partial charge in [-0.1, -0.05) is 6.07 Å². The SMILES string of the molecule is O=C(/C=C/c1cccs1)N1CCN(c2ccc(C(F)(F)F)cc2[N+](=O)[O-])CC1. The van der Waals surface area contributed by atoms with E-state index < -0.39 is 22.4 Å². The van der Waals surface area contributed by atoms with Crippen molar-refractivity contribution in [1.29, 1.82) is 0 Å². The van der Waals surface area contributed by atoms with Gasteiger partial charge in [0.25, 0.3) is 5.69 Å². The average Bonchev–Trinajstić information content (AvgIpc) is 3.18. The van der Waals surface area contributed by atoms with E-state index in [1.54, 1.807) is 15.9 Å². The molecule has 148 valence electrons. The van der Waals surface area contributed by atoms with Gasteiger partial charge in [-0.2, -0.15) is 13.2 Å². The van der Waals surface area contributed by atoms with Crippen LogP contribution in [0.4, 0.5) is 24.5 Å². The number of halogens is 3. The van der Waals surface area contributed by atoms with Crippen molar-refractivity contribution < 1.29 is 22.9 Å². The van der Waals surface area contributed by atoms with Crippen molar-refractivity contribution in [2.24, 2.45) is 0 Å². The van der Waals surface area contributed by atoms with Crippen LogP contribution in [0, 0.1) is 10.1 Å². The van der Waals surface area contributed by atoms with Crippen molar-refractivity contribution in [3.05, 3.63) is 62.3 Å². The van der Waals surface area contributed by atoms with Crippen LogP contribution in [0.1, 0.15) is 10.4 Å². The number of amides is 1. The molecule has 0 aliphatic carbocycles. The molecule has 0 saturated carbocycles. The van der Waals surface area contributed by atoms with Crippen molar-refractivity contribution in [2.45, 2.75) is 6.18 Å². The van der Waals surface area contributed by atoms with Crippen LogP contribution < -0.4 is 4.90 Å². The van der Waals surface area contributed by atoms with E-state index in [9.17, 15) is 28.1 Å². The quantitative estimate of drug-likeness (QED) is 0.433. The Balaban J connectivity index is 1.69. The second-order valence-electron chi connectivity index (χ2n) is 6.12. The lowest BCUT2D eigenvalue weighted by molar-refractivity contribution is -0.384. The smallest absolute Gasteiger partial charge is 0.362 e. The number of nitro groups is 1. The van der Waals surface area contributed by atoms with Crippen LogP contribution in [-0.2, 0) is 11.0 Å². The van der Waals surface area contributed by atoms with Gasteiger partial charge in [-0.25, -0.2) is 0 Å². The lowest BCUT2D eigenvalue weighted by atomic mass is 10.1. The predicted octanol–water partition coefficient (Wildman–Crippen LogP) is 4.04. The molecule has 1 saturated heterocycles. The fourth-order valence-electron chi connectivity index (χ4n) is 2.93. The summed E-state index contributed by atoms with van der Waals surface area (Å²) >= 11 is 1.51. The predicted molar refractivity (Wildman–Crippen MR) is 100 cm³/mol. The molecule has 0 atom stereocenters. The second kappa shape index (κ2) is 8.01. The molecule has 0 spiro atoms. The van der Waals surface area contributed by atoms with Crippen LogP contribution in [0.5, 0.6) is 0 Å². The lowest BCUT2D eigenvalue weighted by Crippen LogP contribution is -2.48. The highest BCUT2D eigenvalue weighted by atomic mass is 32.1. The molecule has 0 unspecified atom stereocenters. The molecule has 1 aromatic heterocycles. The van der Waals surface area contributed by atoms with Gasteiger partial charge >= 0.3 is 6.18 Å². The highest BCUT2D eigenvalue weighted by molar-refractivity contribution is 7.10. The average molecular weight is 411 g/mol. The highest BCUT2D eigenvalue weighted by Gasteiger charge is 2.34. The minimum absolute atomic E-state index is 0.124. The standard InChI is InChI=1S/C18H16F3N3O3S/c19-18(20,21)13-3-5-15(16(12-13)24(26)27)22-7-9-23(10-8-22)17(25)6-4-14-2-1-11-28-14/h1-6,11-12H,7-10H2/b6-4+. The third-order valence-electron chi connectivity index (χ3n) is 4.36. The molecule has 6 nitrogen and oxygen atoms in total. The number of thiophene rings is 1. The maximum atomic E-state index is 12.8. The van der Waals surface area contributed by atoms with Gasteiger partial charge in [-0.05, 0) is 29.7 Å². The Morgan fingerprint density at radius 1 is 1.18 bits per heavy atom. The van der Waals surface area contributed by atoms with E-state index in [-0.39, 0.29) is 11.6 Å². The summed E-state index contributed by atoms with van der Waals surface area (Å²) in [6, 6.07) is 6.27. The van der Waals surface area contributed by atoms with Crippen LogP contribution in [0.25, 0.3) is 6.08 Å². The van der Waals surface area contributed by atoms with Gasteiger partial charge in [0, 0.05) is 43.2 Å². The molecular formula is C18H16F3N3O3S. The van der Waals surface area contributed by atoms with Gasteiger partial charge in [0.1, 0.15) is 5.69 Å². The third kappa shape index (κ3) is 4.50. The number of hydrogen-bond acceptors (Lipinski definition) is 5. The van der Waals surface area contributed by atoms with E-state index in [2.05, 4.69) is 0 Å². The first-order valence-corrected chi connectivity index (χ1v) is 9.25. The third-order valence-corrected chi connectivity index (χ3v) is 5.20. The summed E-state index contributed by atoms with van der Waals surface area (Å²) in [4.78, 5) is 26.9. The van der Waals surface area contributed by atoms with E-state index in [1.165, 1.54) is 17.4 Å². The number of benzene rings is 1. The topological polar surface area (TPSA) is 66.7 Å². The first-order valence-electron chi connectivity index (χ1n) is 8.37. The van der Waals surface area contributed by atoms with Crippen molar-refractivity contribution in [3.63, 3.8) is 0 Å². The number of alkyl halides is 3. The van der Waals surface area contributed by atoms with Crippen molar-refractivity contribution in [3.8, 4) is 0 Å². The van der Waals surface area contributed by atoms with Gasteiger partial charge in [0.05, 0.1) is 10.5 Å². The Morgan fingerprint density at radius 3 is 2.46 bits per heavy atom. The van der Waals surface area contributed by atoms with Crippen molar-refractivity contribution >= 4 is 34.7 Å². The molecule has 1 aromatic carbocycles. The number of nitrogens with zero attached hydrogens (tertiary/aromatic N) is 3. The Kier molecular flexibility index (Phi) is 5.68. The molecular weight excluding hydrogens is 395 g/mol. The lowest BCUT2D eigenvalue weighted by Gasteiger charge is -2.35. The maximum absolute atomic E-state index is 12.8. The van der Waals surface area contributed by atoms with E-state index in [0.29, 0.717) is 32.2 Å². The Morgan fingerprint density at radius 2 is 1.89 bits per heavy atom. The highest BCUT2D eigenvalue weighted by Crippen LogP contribution is 2.36. The minimum Gasteiger partial charge on any atom is -0.362 e. The zero-order valence-electron chi connectivity index (χ0n) is 14.6. The maximum Gasteiger partial charge on any atom is 0.416 e. The van der Waals surface area contributed by atoms with Gasteiger partial charge in [-0.3, -0.25) is 14.9 Å². The van der Waals surface area contributed by atoms with E-state index in [1.807, 2.05) is 17.5 Å². The summed E-state index contributed by atoms with van der Waals surface area (Å²) in [5.74, 6) is -0.171. The summed E-state index contributed by atoms with van der Waals surface area (Å²) in [6.45, 7) is 1.24. The largest absolute Gasteiger partial charge is 0.416 e. The summed E-state index contributed by atoms with van der Waals surface area (Å²) in [5.41, 5.74) is -1.53. The van der Waals surface area contributed by atoms with E-state index >= 15 is 0 Å². The van der Waals surface area contributed by atoms with Crippen LogP contribution >= 0.6 is 11.3 Å². The molecule has 1 fully saturated rings. The Bertz CT molecular complexity index is 889. The van der Waals surface area contributed by atoms with Gasteiger partial charge in [0.2, 0.25) is 5.91 Å². The number of carbonyl (C=O) groups is 1. The zero-order chi connectivity index (χ0) is 20.3. The molecule has 0 N–H and O–H groups in total. The van der Waals surface area contributed by atoms with Crippen LogP contribution in [-0.4, -0.2) is 41.9 Å². The van der Waals surface area contributed by atoms with Gasteiger partial charge in [-0.15, -0.1) is 11.3 Å². The summed E-state index contributed by atoms with van der Waals surface area (Å²) in [7, 11) is 0. The first-order chi connectivity index (χ1) is 13.3. The number of rotatable bonds is 4. The van der Waals surface area contributed by atoms with E-state index in [0.717, 1.165) is 17.0 Å². The Hall–Kier alpha value is -2.88. The van der Waals surface area contributed by atoms with Crippen LogP contribution in [0.3, 0.4) is 0 Å². The molecule has 1 amide bonds. The number of hydrogen-bond donors (Lipinski definition) is 0. The molecule has 0 bridgehead atoms. The normalized spacial score (nSPS) is 15.2. The first kappa shape index (κ1) is 19.9. The minimum atomic E-state index is -4.65. The fourth-order valence-corrected chi connectivity index (χ4v) is 3.54. The molecule has 28 heavy (non-hydrogen) atoms. The summed E-state index contributed by atoms with van der Waals surface area (Å²) < 4.78 is 38.5. The molecule has 10 heteroatoms. The molecule has 3 rings (SSSR count). The van der Waals surface area contributed by atoms with Crippen LogP contribution in [0.15, 0.2) is 41.8 Å². The summed E-state index contributed by atoms with van der Waals surface area (Å²) in [6.07, 6.45) is -1.45. The second-order valence-corrected chi connectivity index (χ2v) is 7.10. The van der Waals surface area contributed by atoms with Gasteiger partial charge in [0.15, 0.2) is 0 Å². The number of nitro benzene ring substituents is 1. The Labute approximate surface area is 162 Å². The molecule has 0 radical (unpaired) electrons. The van der Waals surface area contributed by atoms with E-state index in [4.69, 9.17) is 0 Å². The number of anilines is 1. The molecule has 1 aliphatic heterocycles. The van der Waals surface area contributed by atoms with Gasteiger partial charge < -0.3 is 9.80 Å². The summed E-state index contributed by atoms with van der Waals surface area (Å²) in [5, 5.41) is 13.2. The number of piperazine rings is 1. The molecule has 2 heterocycles. The van der Waals surface area contributed by atoms with Crippen molar-refractivity contribution in [2.75, 3.05) is 31.1 Å². The molecule has 2 aromatic rings. The monoisotopic (exact) mass is 411 g/mol. The molecule has 1 aliphatic rings.